The quantitative estimate of drug-likeness (QED) is 0.750. The molecule has 0 fully saturated rings. The molecule has 0 bridgehead atoms. The van der Waals surface area contributed by atoms with Crippen molar-refractivity contribution >= 4 is 21.8 Å². The van der Waals surface area contributed by atoms with Crippen molar-refractivity contribution in [3.8, 4) is 0 Å². The van der Waals surface area contributed by atoms with Crippen LogP contribution in [0.5, 0.6) is 0 Å². The van der Waals surface area contributed by atoms with Crippen molar-refractivity contribution in [3.05, 3.63) is 35.4 Å². The zero-order valence-corrected chi connectivity index (χ0v) is 13.6. The van der Waals surface area contributed by atoms with Crippen LogP contribution in [0, 0.1) is 0 Å². The van der Waals surface area contributed by atoms with Crippen molar-refractivity contribution in [2.75, 3.05) is 27.3 Å². The molecule has 1 unspecified atom stereocenters. The number of halogens is 1. The Hall–Kier alpha value is -0.870. The topological polar surface area (TPSA) is 29.5 Å². The SMILES string of the molecule is COCC(Br)CN(C)C(=O)c1ccc(C(C)C)cc1. The predicted molar refractivity (Wildman–Crippen MR) is 82.1 cm³/mol. The zero-order valence-electron chi connectivity index (χ0n) is 12.0. The highest BCUT2D eigenvalue weighted by Gasteiger charge is 2.15. The van der Waals surface area contributed by atoms with Crippen LogP contribution in [0.25, 0.3) is 0 Å². The second-order valence-corrected chi connectivity index (χ2v) is 6.31. The van der Waals surface area contributed by atoms with Gasteiger partial charge < -0.3 is 9.64 Å². The van der Waals surface area contributed by atoms with Gasteiger partial charge in [0.05, 0.1) is 11.4 Å². The first-order valence-corrected chi connectivity index (χ1v) is 7.35. The number of rotatable bonds is 6. The Morgan fingerprint density at radius 3 is 2.37 bits per heavy atom. The van der Waals surface area contributed by atoms with Gasteiger partial charge in [0.1, 0.15) is 0 Å². The normalized spacial score (nSPS) is 12.5. The van der Waals surface area contributed by atoms with Gasteiger partial charge in [0.25, 0.3) is 5.91 Å². The van der Waals surface area contributed by atoms with Crippen LogP contribution in [-0.4, -0.2) is 42.9 Å². The average molecular weight is 328 g/mol. The molecule has 0 N–H and O–H groups in total. The van der Waals surface area contributed by atoms with Crippen molar-refractivity contribution in [3.63, 3.8) is 0 Å². The third kappa shape index (κ3) is 4.96. The Bertz CT molecular complexity index is 403. The molecule has 0 saturated carbocycles. The van der Waals surface area contributed by atoms with Gasteiger partial charge in [0, 0.05) is 26.3 Å². The number of ether oxygens (including phenoxy) is 1. The fraction of sp³-hybridized carbons (Fsp3) is 0.533. The highest BCUT2D eigenvalue weighted by atomic mass is 79.9. The molecule has 4 heteroatoms. The summed E-state index contributed by atoms with van der Waals surface area (Å²) < 4.78 is 5.05. The smallest absolute Gasteiger partial charge is 0.253 e. The maximum atomic E-state index is 12.2. The van der Waals surface area contributed by atoms with Gasteiger partial charge >= 0.3 is 0 Å². The minimum atomic E-state index is 0.0378. The Morgan fingerprint density at radius 2 is 1.89 bits per heavy atom. The number of alkyl halides is 1. The summed E-state index contributed by atoms with van der Waals surface area (Å²) in [5, 5.41) is 0. The number of carbonyl (C=O) groups excluding carboxylic acids is 1. The van der Waals surface area contributed by atoms with Gasteiger partial charge in [-0.05, 0) is 23.6 Å². The van der Waals surface area contributed by atoms with Gasteiger partial charge in [-0.1, -0.05) is 41.9 Å². The molecule has 0 heterocycles. The average Bonchev–Trinajstić information content (AvgIpc) is 2.38. The van der Waals surface area contributed by atoms with E-state index in [9.17, 15) is 4.79 Å². The summed E-state index contributed by atoms with van der Waals surface area (Å²) in [6.45, 7) is 5.49. The molecule has 0 spiro atoms. The second kappa shape index (κ2) is 7.65. The molecule has 0 aromatic heterocycles. The molecular weight excluding hydrogens is 306 g/mol. The zero-order chi connectivity index (χ0) is 14.4. The molecule has 1 atom stereocenters. The molecule has 3 nitrogen and oxygen atoms in total. The van der Waals surface area contributed by atoms with Crippen molar-refractivity contribution in [2.24, 2.45) is 0 Å². The van der Waals surface area contributed by atoms with Gasteiger partial charge in [-0.15, -0.1) is 0 Å². The molecule has 1 rings (SSSR count). The van der Waals surface area contributed by atoms with E-state index < -0.39 is 0 Å². The van der Waals surface area contributed by atoms with E-state index >= 15 is 0 Å². The molecule has 19 heavy (non-hydrogen) atoms. The summed E-state index contributed by atoms with van der Waals surface area (Å²) >= 11 is 3.49. The molecule has 0 radical (unpaired) electrons. The maximum Gasteiger partial charge on any atom is 0.253 e. The van der Waals surface area contributed by atoms with Crippen LogP contribution in [0.4, 0.5) is 0 Å². The lowest BCUT2D eigenvalue weighted by atomic mass is 10.0. The minimum Gasteiger partial charge on any atom is -0.383 e. The summed E-state index contributed by atoms with van der Waals surface area (Å²) in [6, 6.07) is 7.83. The molecule has 0 aliphatic heterocycles. The van der Waals surface area contributed by atoms with E-state index in [1.807, 2.05) is 31.3 Å². The molecule has 1 aromatic carbocycles. The predicted octanol–water partition coefficient (Wildman–Crippen LogP) is 3.29. The third-order valence-electron chi connectivity index (χ3n) is 2.99. The van der Waals surface area contributed by atoms with Crippen molar-refractivity contribution in [2.45, 2.75) is 24.6 Å². The van der Waals surface area contributed by atoms with Crippen LogP contribution >= 0.6 is 15.9 Å². The number of nitrogens with zero attached hydrogens (tertiary/aromatic N) is 1. The Labute approximate surface area is 124 Å². The van der Waals surface area contributed by atoms with Gasteiger partial charge in [0.2, 0.25) is 0 Å². The molecule has 0 saturated heterocycles. The van der Waals surface area contributed by atoms with Gasteiger partial charge in [-0.25, -0.2) is 0 Å². The van der Waals surface area contributed by atoms with E-state index in [4.69, 9.17) is 4.74 Å². The fourth-order valence-electron chi connectivity index (χ4n) is 1.84. The Morgan fingerprint density at radius 1 is 1.32 bits per heavy atom. The monoisotopic (exact) mass is 327 g/mol. The lowest BCUT2D eigenvalue weighted by Crippen LogP contribution is -2.33. The number of carbonyl (C=O) groups is 1. The summed E-state index contributed by atoms with van der Waals surface area (Å²) in [7, 11) is 3.46. The molecule has 1 amide bonds. The molecular formula is C15H22BrNO2. The number of amides is 1. The number of methoxy groups -OCH3 is 1. The van der Waals surface area contributed by atoms with Crippen LogP contribution in [0.1, 0.15) is 35.7 Å². The summed E-state index contributed by atoms with van der Waals surface area (Å²) in [4.78, 5) is 14.1. The number of hydrogen-bond acceptors (Lipinski definition) is 2. The van der Waals surface area contributed by atoms with Crippen molar-refractivity contribution < 1.29 is 9.53 Å². The first-order chi connectivity index (χ1) is 8.95. The van der Waals surface area contributed by atoms with E-state index in [1.54, 1.807) is 12.0 Å². The van der Waals surface area contributed by atoms with Gasteiger partial charge in [0.15, 0.2) is 0 Å². The Kier molecular flexibility index (Phi) is 6.52. The van der Waals surface area contributed by atoms with Crippen molar-refractivity contribution in [1.29, 1.82) is 0 Å². The Balaban J connectivity index is 2.66. The molecule has 0 aliphatic carbocycles. The summed E-state index contributed by atoms with van der Waals surface area (Å²) in [5.41, 5.74) is 1.97. The lowest BCUT2D eigenvalue weighted by molar-refractivity contribution is 0.0784. The van der Waals surface area contributed by atoms with E-state index in [0.717, 1.165) is 5.56 Å². The third-order valence-corrected chi connectivity index (χ3v) is 3.54. The van der Waals surface area contributed by atoms with Crippen LogP contribution in [0.3, 0.4) is 0 Å². The summed E-state index contributed by atoms with van der Waals surface area (Å²) in [6.07, 6.45) is 0. The highest BCUT2D eigenvalue weighted by molar-refractivity contribution is 9.09. The van der Waals surface area contributed by atoms with E-state index in [-0.39, 0.29) is 10.7 Å². The van der Waals surface area contributed by atoms with Crippen LogP contribution in [0.2, 0.25) is 0 Å². The lowest BCUT2D eigenvalue weighted by Gasteiger charge is -2.20. The second-order valence-electron chi connectivity index (χ2n) is 5.02. The van der Waals surface area contributed by atoms with Gasteiger partial charge in [-0.2, -0.15) is 0 Å². The maximum absolute atomic E-state index is 12.2. The first-order valence-electron chi connectivity index (χ1n) is 6.44. The van der Waals surface area contributed by atoms with Crippen LogP contribution in [0.15, 0.2) is 24.3 Å². The van der Waals surface area contributed by atoms with Crippen LogP contribution in [-0.2, 0) is 4.74 Å². The fourth-order valence-corrected chi connectivity index (χ4v) is 2.54. The first kappa shape index (κ1) is 16.2. The van der Waals surface area contributed by atoms with E-state index in [0.29, 0.717) is 19.1 Å². The van der Waals surface area contributed by atoms with E-state index in [1.165, 1.54) is 5.56 Å². The molecule has 1 aromatic rings. The molecule has 0 aliphatic rings. The van der Waals surface area contributed by atoms with Gasteiger partial charge in [-0.3, -0.25) is 4.79 Å². The minimum absolute atomic E-state index is 0.0378. The molecule has 106 valence electrons. The number of benzene rings is 1. The largest absolute Gasteiger partial charge is 0.383 e. The standard InChI is InChI=1S/C15H22BrNO2/c1-11(2)12-5-7-13(8-6-12)15(18)17(3)9-14(16)10-19-4/h5-8,11,14H,9-10H2,1-4H3. The van der Waals surface area contributed by atoms with Crippen LogP contribution < -0.4 is 0 Å². The highest BCUT2D eigenvalue weighted by Crippen LogP contribution is 2.15. The number of hydrogen-bond donors (Lipinski definition) is 0. The van der Waals surface area contributed by atoms with Crippen molar-refractivity contribution in [1.82, 2.24) is 4.90 Å². The van der Waals surface area contributed by atoms with E-state index in [2.05, 4.69) is 29.8 Å². The summed E-state index contributed by atoms with van der Waals surface area (Å²) in [5.74, 6) is 0.520.